The fourth-order valence-corrected chi connectivity index (χ4v) is 2.33. The summed E-state index contributed by atoms with van der Waals surface area (Å²) in [6, 6.07) is 0. The van der Waals surface area contributed by atoms with Crippen LogP contribution >= 0.6 is 0 Å². The monoisotopic (exact) mass is 270 g/mol. The molecule has 0 radical (unpaired) electrons. The van der Waals surface area contributed by atoms with E-state index in [4.69, 9.17) is 5.11 Å². The van der Waals surface area contributed by atoms with E-state index < -0.39 is 5.97 Å². The van der Waals surface area contributed by atoms with Gasteiger partial charge in [-0.15, -0.1) is 0 Å². The lowest BCUT2D eigenvalue weighted by atomic mass is 9.95. The first-order chi connectivity index (χ1) is 8.91. The largest absolute Gasteiger partial charge is 0.481 e. The number of nitrogens with zero attached hydrogens (tertiary/aromatic N) is 2. The molecule has 1 N–H and O–H groups in total. The van der Waals surface area contributed by atoms with Crippen LogP contribution in [0.15, 0.2) is 0 Å². The number of rotatable bonds is 5. The van der Waals surface area contributed by atoms with E-state index in [0.717, 1.165) is 0 Å². The second kappa shape index (κ2) is 7.11. The normalized spacial score (nSPS) is 16.2. The van der Waals surface area contributed by atoms with Gasteiger partial charge in [-0.05, 0) is 19.3 Å². The summed E-state index contributed by atoms with van der Waals surface area (Å²) in [4.78, 5) is 37.1. The van der Waals surface area contributed by atoms with E-state index in [1.54, 1.807) is 23.8 Å². The van der Waals surface area contributed by atoms with Gasteiger partial charge < -0.3 is 14.9 Å². The van der Waals surface area contributed by atoms with Crippen LogP contribution in [0.25, 0.3) is 0 Å². The Morgan fingerprint density at radius 3 is 2.32 bits per heavy atom. The minimum Gasteiger partial charge on any atom is -0.481 e. The molecule has 0 unspecified atom stereocenters. The van der Waals surface area contributed by atoms with E-state index >= 15 is 0 Å². The van der Waals surface area contributed by atoms with Crippen molar-refractivity contribution in [2.75, 3.05) is 26.7 Å². The van der Waals surface area contributed by atoms with Crippen LogP contribution in [0.5, 0.6) is 0 Å². The highest BCUT2D eigenvalue weighted by atomic mass is 16.4. The Morgan fingerprint density at radius 2 is 1.84 bits per heavy atom. The summed E-state index contributed by atoms with van der Waals surface area (Å²) in [6.45, 7) is 3.28. The van der Waals surface area contributed by atoms with Gasteiger partial charge in [0, 0.05) is 45.9 Å². The topological polar surface area (TPSA) is 77.9 Å². The number of hydrogen-bond acceptors (Lipinski definition) is 3. The zero-order chi connectivity index (χ0) is 14.4. The smallest absolute Gasteiger partial charge is 0.303 e. The van der Waals surface area contributed by atoms with Gasteiger partial charge in [-0.2, -0.15) is 0 Å². The summed E-state index contributed by atoms with van der Waals surface area (Å²) in [7, 11) is 1.71. The van der Waals surface area contributed by atoms with Crippen LogP contribution in [0.2, 0.25) is 0 Å². The predicted molar refractivity (Wildman–Crippen MR) is 69.5 cm³/mol. The first-order valence-corrected chi connectivity index (χ1v) is 6.64. The molecule has 1 aliphatic heterocycles. The average molecular weight is 270 g/mol. The highest BCUT2D eigenvalue weighted by Gasteiger charge is 2.27. The third kappa shape index (κ3) is 4.89. The molecule has 0 bridgehead atoms. The van der Waals surface area contributed by atoms with Gasteiger partial charge in [-0.1, -0.05) is 0 Å². The SMILES string of the molecule is CC(=O)N1CCC(C(=O)N(C)CCCC(=O)O)CC1. The highest BCUT2D eigenvalue weighted by molar-refractivity contribution is 5.79. The lowest BCUT2D eigenvalue weighted by Crippen LogP contribution is -2.43. The molecule has 6 nitrogen and oxygen atoms in total. The van der Waals surface area contributed by atoms with E-state index in [-0.39, 0.29) is 24.2 Å². The Morgan fingerprint density at radius 1 is 1.26 bits per heavy atom. The van der Waals surface area contributed by atoms with Crippen LogP contribution in [0, 0.1) is 5.92 Å². The molecule has 0 saturated carbocycles. The second-order valence-electron chi connectivity index (χ2n) is 5.04. The molecule has 0 aliphatic carbocycles. The lowest BCUT2D eigenvalue weighted by Gasteiger charge is -2.32. The Hall–Kier alpha value is -1.59. The lowest BCUT2D eigenvalue weighted by molar-refractivity contribution is -0.140. The maximum absolute atomic E-state index is 12.1. The molecule has 1 aliphatic rings. The van der Waals surface area contributed by atoms with Crippen molar-refractivity contribution in [3.05, 3.63) is 0 Å². The van der Waals surface area contributed by atoms with Crippen LogP contribution in [-0.2, 0) is 14.4 Å². The van der Waals surface area contributed by atoms with E-state index in [2.05, 4.69) is 0 Å². The number of aliphatic carboxylic acids is 1. The van der Waals surface area contributed by atoms with Crippen LogP contribution < -0.4 is 0 Å². The molecule has 1 heterocycles. The summed E-state index contributed by atoms with van der Waals surface area (Å²) in [5.41, 5.74) is 0. The van der Waals surface area contributed by atoms with Gasteiger partial charge in [0.25, 0.3) is 0 Å². The summed E-state index contributed by atoms with van der Waals surface area (Å²) < 4.78 is 0. The average Bonchev–Trinajstić information content (AvgIpc) is 2.37. The molecule has 1 rings (SSSR count). The van der Waals surface area contributed by atoms with Gasteiger partial charge >= 0.3 is 5.97 Å². The first-order valence-electron chi connectivity index (χ1n) is 6.64. The van der Waals surface area contributed by atoms with Crippen molar-refractivity contribution < 1.29 is 19.5 Å². The summed E-state index contributed by atoms with van der Waals surface area (Å²) in [5, 5.41) is 8.55. The molecule has 1 fully saturated rings. The number of hydrogen-bond donors (Lipinski definition) is 1. The number of carbonyl (C=O) groups excluding carboxylic acids is 2. The minimum atomic E-state index is -0.837. The fourth-order valence-electron chi connectivity index (χ4n) is 2.33. The van der Waals surface area contributed by atoms with Crippen molar-refractivity contribution >= 4 is 17.8 Å². The first kappa shape index (κ1) is 15.5. The molecule has 19 heavy (non-hydrogen) atoms. The maximum atomic E-state index is 12.1. The van der Waals surface area contributed by atoms with E-state index in [0.29, 0.717) is 38.9 Å². The maximum Gasteiger partial charge on any atom is 0.303 e. The predicted octanol–water partition coefficient (Wildman–Crippen LogP) is 0.568. The number of piperidine rings is 1. The molecular formula is C13H22N2O4. The van der Waals surface area contributed by atoms with Crippen molar-refractivity contribution in [2.45, 2.75) is 32.6 Å². The van der Waals surface area contributed by atoms with Crippen molar-refractivity contribution in [3.63, 3.8) is 0 Å². The minimum absolute atomic E-state index is 0.0366. The van der Waals surface area contributed by atoms with Crippen LogP contribution in [-0.4, -0.2) is 59.4 Å². The molecule has 0 spiro atoms. The van der Waals surface area contributed by atoms with Crippen molar-refractivity contribution in [3.8, 4) is 0 Å². The second-order valence-corrected chi connectivity index (χ2v) is 5.04. The standard InChI is InChI=1S/C13H22N2O4/c1-10(16)15-8-5-11(6-9-15)13(19)14(2)7-3-4-12(17)18/h11H,3-9H2,1-2H3,(H,17,18). The molecular weight excluding hydrogens is 248 g/mol. The Labute approximate surface area is 113 Å². The van der Waals surface area contributed by atoms with Crippen molar-refractivity contribution in [1.82, 2.24) is 9.80 Å². The summed E-state index contributed by atoms with van der Waals surface area (Å²) in [5.74, 6) is -0.754. The number of carboxylic acid groups (broad SMARTS) is 1. The fraction of sp³-hybridized carbons (Fsp3) is 0.769. The zero-order valence-corrected chi connectivity index (χ0v) is 11.6. The quantitative estimate of drug-likeness (QED) is 0.792. The van der Waals surface area contributed by atoms with Gasteiger partial charge in [0.2, 0.25) is 11.8 Å². The van der Waals surface area contributed by atoms with Crippen LogP contribution in [0.3, 0.4) is 0 Å². The van der Waals surface area contributed by atoms with E-state index in [1.165, 1.54) is 0 Å². The summed E-state index contributed by atoms with van der Waals surface area (Å²) >= 11 is 0. The Balaban J connectivity index is 2.33. The van der Waals surface area contributed by atoms with Gasteiger partial charge in [-0.25, -0.2) is 0 Å². The molecule has 1 saturated heterocycles. The molecule has 0 aromatic rings. The van der Waals surface area contributed by atoms with Crippen LogP contribution in [0.4, 0.5) is 0 Å². The molecule has 6 heteroatoms. The molecule has 0 aromatic carbocycles. The van der Waals surface area contributed by atoms with Gasteiger partial charge in [0.05, 0.1) is 0 Å². The third-order valence-corrected chi connectivity index (χ3v) is 3.55. The van der Waals surface area contributed by atoms with Gasteiger partial charge in [0.1, 0.15) is 0 Å². The van der Waals surface area contributed by atoms with Crippen LogP contribution in [0.1, 0.15) is 32.6 Å². The summed E-state index contributed by atoms with van der Waals surface area (Å²) in [6.07, 6.45) is 1.95. The van der Waals surface area contributed by atoms with E-state index in [1.807, 2.05) is 0 Å². The molecule has 108 valence electrons. The highest BCUT2D eigenvalue weighted by Crippen LogP contribution is 2.19. The number of carboxylic acids is 1. The van der Waals surface area contributed by atoms with Gasteiger partial charge in [-0.3, -0.25) is 14.4 Å². The Bertz CT molecular complexity index is 349. The Kier molecular flexibility index (Phi) is 5.79. The third-order valence-electron chi connectivity index (χ3n) is 3.55. The molecule has 0 atom stereocenters. The molecule has 2 amide bonds. The number of amides is 2. The number of carbonyl (C=O) groups is 3. The van der Waals surface area contributed by atoms with Crippen molar-refractivity contribution in [1.29, 1.82) is 0 Å². The molecule has 0 aromatic heterocycles. The zero-order valence-electron chi connectivity index (χ0n) is 11.6. The van der Waals surface area contributed by atoms with Crippen molar-refractivity contribution in [2.24, 2.45) is 5.92 Å². The van der Waals surface area contributed by atoms with E-state index in [9.17, 15) is 14.4 Å². The van der Waals surface area contributed by atoms with Gasteiger partial charge in [0.15, 0.2) is 0 Å². The number of likely N-dealkylation sites (tertiary alicyclic amines) is 1.